The summed E-state index contributed by atoms with van der Waals surface area (Å²) in [6.07, 6.45) is 5.63. The lowest BCUT2D eigenvalue weighted by Crippen LogP contribution is -2.59. The number of ether oxygens (including phenoxy) is 2. The molecule has 9 nitrogen and oxygen atoms in total. The lowest BCUT2D eigenvalue weighted by Gasteiger charge is -2.38. The van der Waals surface area contributed by atoms with Gasteiger partial charge in [0.2, 0.25) is 17.7 Å². The molecule has 3 aliphatic rings. The number of likely N-dealkylation sites (tertiary alicyclic amines) is 1. The lowest BCUT2D eigenvalue weighted by atomic mass is 9.65. The van der Waals surface area contributed by atoms with E-state index in [2.05, 4.69) is 31.4 Å². The number of hydrogen-bond acceptors (Lipinski definition) is 6. The Morgan fingerprint density at radius 3 is 2.30 bits per heavy atom. The van der Waals surface area contributed by atoms with Gasteiger partial charge in [0.05, 0.1) is 24.0 Å². The molecule has 1 spiro atoms. The van der Waals surface area contributed by atoms with Crippen molar-refractivity contribution in [3.05, 3.63) is 24.3 Å². The SMILES string of the molecule is CCOc1ccc(NC(=O)[C@H]2[C@H]3C(=O)N(CCCCCCO)C(C(=O)NC(C)(C)CC(C)(C)C)C34CC[C@]2(CC)O4)cc1. The number of nitrogens with zero attached hydrogens (tertiary/aromatic N) is 1. The lowest BCUT2D eigenvalue weighted by molar-refractivity contribution is -0.147. The molecule has 1 aromatic carbocycles. The van der Waals surface area contributed by atoms with Gasteiger partial charge in [-0.2, -0.15) is 0 Å². The van der Waals surface area contributed by atoms with Gasteiger partial charge in [0.1, 0.15) is 17.4 Å². The van der Waals surface area contributed by atoms with E-state index >= 15 is 0 Å². The predicted molar refractivity (Wildman–Crippen MR) is 167 cm³/mol. The molecule has 9 heteroatoms. The second-order valence-electron chi connectivity index (χ2n) is 14.6. The summed E-state index contributed by atoms with van der Waals surface area (Å²) in [5.41, 5.74) is -1.73. The molecule has 0 saturated carbocycles. The van der Waals surface area contributed by atoms with Gasteiger partial charge in [-0.25, -0.2) is 0 Å². The van der Waals surface area contributed by atoms with Crippen molar-refractivity contribution in [1.82, 2.24) is 10.2 Å². The first-order chi connectivity index (χ1) is 20.2. The maximum absolute atomic E-state index is 14.4. The molecular formula is C34H53N3O6. The highest BCUT2D eigenvalue weighted by Gasteiger charge is 2.78. The van der Waals surface area contributed by atoms with Gasteiger partial charge in [-0.1, -0.05) is 40.5 Å². The van der Waals surface area contributed by atoms with Crippen LogP contribution in [0.5, 0.6) is 5.75 Å². The monoisotopic (exact) mass is 599 g/mol. The summed E-state index contributed by atoms with van der Waals surface area (Å²) in [5, 5.41) is 15.5. The fraction of sp³-hybridized carbons (Fsp3) is 0.735. The zero-order valence-electron chi connectivity index (χ0n) is 27.3. The number of carbonyl (C=O) groups excluding carboxylic acids is 3. The summed E-state index contributed by atoms with van der Waals surface area (Å²) < 4.78 is 12.4. The maximum atomic E-state index is 14.4. The van der Waals surface area contributed by atoms with Gasteiger partial charge in [-0.05, 0) is 89.0 Å². The molecule has 0 radical (unpaired) electrons. The van der Waals surface area contributed by atoms with Gasteiger partial charge in [0, 0.05) is 24.4 Å². The van der Waals surface area contributed by atoms with Crippen LogP contribution in [-0.4, -0.2) is 70.3 Å². The zero-order chi connectivity index (χ0) is 31.6. The fourth-order valence-electron chi connectivity index (χ4n) is 8.20. The molecule has 5 atom stereocenters. The van der Waals surface area contributed by atoms with Crippen LogP contribution in [0, 0.1) is 17.3 Å². The maximum Gasteiger partial charge on any atom is 0.246 e. The van der Waals surface area contributed by atoms with Gasteiger partial charge in [-0.3, -0.25) is 14.4 Å². The van der Waals surface area contributed by atoms with E-state index in [1.807, 2.05) is 39.8 Å². The number of benzene rings is 1. The molecule has 2 unspecified atom stereocenters. The number of aliphatic hydroxyl groups excluding tert-OH is 1. The Morgan fingerprint density at radius 2 is 1.70 bits per heavy atom. The average molecular weight is 600 g/mol. The van der Waals surface area contributed by atoms with E-state index in [1.165, 1.54) is 0 Å². The summed E-state index contributed by atoms with van der Waals surface area (Å²) in [6, 6.07) is 6.42. The number of anilines is 1. The minimum Gasteiger partial charge on any atom is -0.494 e. The molecule has 4 rings (SSSR count). The summed E-state index contributed by atoms with van der Waals surface area (Å²) >= 11 is 0. The Kier molecular flexibility index (Phi) is 9.86. The summed E-state index contributed by atoms with van der Waals surface area (Å²) in [5.74, 6) is -1.34. The van der Waals surface area contributed by atoms with Gasteiger partial charge in [0.15, 0.2) is 0 Å². The fourth-order valence-corrected chi connectivity index (χ4v) is 8.20. The van der Waals surface area contributed by atoms with E-state index in [4.69, 9.17) is 9.47 Å². The Hall–Kier alpha value is -2.65. The van der Waals surface area contributed by atoms with E-state index in [1.54, 1.807) is 17.0 Å². The van der Waals surface area contributed by atoms with Crippen molar-refractivity contribution in [3.63, 3.8) is 0 Å². The number of nitrogens with one attached hydrogen (secondary N) is 2. The van der Waals surface area contributed by atoms with Crippen LogP contribution in [0.2, 0.25) is 0 Å². The quantitative estimate of drug-likeness (QED) is 0.257. The van der Waals surface area contributed by atoms with E-state index in [9.17, 15) is 19.5 Å². The number of unbranched alkanes of at least 4 members (excludes halogenated alkanes) is 3. The molecule has 43 heavy (non-hydrogen) atoms. The Balaban J connectivity index is 1.65. The zero-order valence-corrected chi connectivity index (χ0v) is 27.3. The van der Waals surface area contributed by atoms with Crippen molar-refractivity contribution in [2.45, 2.75) is 123 Å². The van der Waals surface area contributed by atoms with E-state index in [-0.39, 0.29) is 29.7 Å². The molecule has 3 heterocycles. The molecule has 3 aliphatic heterocycles. The third-order valence-corrected chi connectivity index (χ3v) is 9.39. The molecule has 3 amide bonds. The van der Waals surface area contributed by atoms with Crippen LogP contribution in [0.4, 0.5) is 5.69 Å². The first-order valence-electron chi connectivity index (χ1n) is 16.2. The van der Waals surface area contributed by atoms with Crippen molar-refractivity contribution in [3.8, 4) is 5.75 Å². The number of hydrogen-bond donors (Lipinski definition) is 3. The Bertz CT molecular complexity index is 1160. The normalized spacial score (nSPS) is 28.2. The minimum absolute atomic E-state index is 0.00583. The first kappa shape index (κ1) is 33.2. The molecule has 0 aliphatic carbocycles. The average Bonchev–Trinajstić information content (AvgIpc) is 3.51. The first-order valence-corrected chi connectivity index (χ1v) is 16.2. The summed E-state index contributed by atoms with van der Waals surface area (Å²) in [6.45, 7) is 15.5. The molecule has 0 aromatic heterocycles. The van der Waals surface area contributed by atoms with E-state index < -0.39 is 34.6 Å². The minimum atomic E-state index is -1.05. The largest absolute Gasteiger partial charge is 0.494 e. The number of fused-ring (bicyclic) bond motifs is 1. The van der Waals surface area contributed by atoms with Crippen LogP contribution in [0.15, 0.2) is 24.3 Å². The number of rotatable bonds is 14. The van der Waals surface area contributed by atoms with E-state index in [0.29, 0.717) is 50.9 Å². The second kappa shape index (κ2) is 12.8. The van der Waals surface area contributed by atoms with Crippen LogP contribution in [0.1, 0.15) is 99.8 Å². The van der Waals surface area contributed by atoms with Crippen LogP contribution in [-0.2, 0) is 19.1 Å². The standard InChI is InChI=1S/C34H53N3O6/c1-8-33-18-19-34(43-33)26(25(33)28(39)35-23-14-16-24(17-15-23)42-9-2)30(41)37(20-12-10-11-13-21-38)27(34)29(40)36-32(6,7)22-31(3,4)5/h14-17,25-27,38H,8-13,18-22H2,1-7H3,(H,35,39)(H,36,40)/t25-,26+,27?,33+,34?/m1/s1. The number of amides is 3. The molecule has 3 fully saturated rings. The Labute approximate surface area is 257 Å². The Morgan fingerprint density at radius 1 is 1.02 bits per heavy atom. The molecule has 240 valence electrons. The number of aliphatic hydroxyl groups is 1. The van der Waals surface area contributed by atoms with Crippen molar-refractivity contribution < 1.29 is 29.0 Å². The van der Waals surface area contributed by atoms with Gasteiger partial charge in [-0.15, -0.1) is 0 Å². The highest BCUT2D eigenvalue weighted by molar-refractivity contribution is 6.02. The van der Waals surface area contributed by atoms with Crippen molar-refractivity contribution in [2.24, 2.45) is 17.3 Å². The van der Waals surface area contributed by atoms with Crippen molar-refractivity contribution in [2.75, 3.05) is 25.1 Å². The molecule has 3 saturated heterocycles. The van der Waals surface area contributed by atoms with Gasteiger partial charge in [0.25, 0.3) is 0 Å². The second-order valence-corrected chi connectivity index (χ2v) is 14.6. The van der Waals surface area contributed by atoms with Gasteiger partial charge >= 0.3 is 0 Å². The molecule has 2 bridgehead atoms. The highest BCUT2D eigenvalue weighted by Crippen LogP contribution is 2.64. The van der Waals surface area contributed by atoms with Crippen molar-refractivity contribution in [1.29, 1.82) is 0 Å². The van der Waals surface area contributed by atoms with Crippen LogP contribution < -0.4 is 15.4 Å². The highest BCUT2D eigenvalue weighted by atomic mass is 16.5. The van der Waals surface area contributed by atoms with Crippen LogP contribution in [0.3, 0.4) is 0 Å². The topological polar surface area (TPSA) is 117 Å². The third kappa shape index (κ3) is 6.72. The number of carbonyl (C=O) groups is 3. The molecular weight excluding hydrogens is 546 g/mol. The van der Waals surface area contributed by atoms with Crippen LogP contribution >= 0.6 is 0 Å². The smallest absolute Gasteiger partial charge is 0.246 e. The van der Waals surface area contributed by atoms with Crippen LogP contribution in [0.25, 0.3) is 0 Å². The summed E-state index contributed by atoms with van der Waals surface area (Å²) in [4.78, 5) is 44.4. The molecule has 3 N–H and O–H groups in total. The van der Waals surface area contributed by atoms with Gasteiger partial charge < -0.3 is 30.1 Å². The summed E-state index contributed by atoms with van der Waals surface area (Å²) in [7, 11) is 0. The van der Waals surface area contributed by atoms with E-state index in [0.717, 1.165) is 25.0 Å². The predicted octanol–water partition coefficient (Wildman–Crippen LogP) is 5.06. The van der Waals surface area contributed by atoms with Crippen molar-refractivity contribution >= 4 is 23.4 Å². The third-order valence-electron chi connectivity index (χ3n) is 9.39. The molecule has 1 aromatic rings.